The summed E-state index contributed by atoms with van der Waals surface area (Å²) in [6, 6.07) is 0.814. The third kappa shape index (κ3) is 3.56. The van der Waals surface area contributed by atoms with Gasteiger partial charge in [-0.25, -0.2) is 0 Å². The maximum absolute atomic E-state index is 4.42. The monoisotopic (exact) mass is 235 g/mol. The molecular formula is C14H25N3. The molecule has 2 rings (SSSR count). The van der Waals surface area contributed by atoms with Crippen molar-refractivity contribution in [3.05, 3.63) is 18.0 Å². The van der Waals surface area contributed by atoms with Gasteiger partial charge in [0.25, 0.3) is 0 Å². The fraction of sp³-hybridized carbons (Fsp3) is 0.786. The largest absolute Gasteiger partial charge is 0.314 e. The van der Waals surface area contributed by atoms with E-state index in [4.69, 9.17) is 0 Å². The molecule has 1 fully saturated rings. The molecule has 1 saturated carbocycles. The molecule has 0 bridgehead atoms. The Morgan fingerprint density at radius 3 is 2.88 bits per heavy atom. The standard InChI is InChI=1S/C14H25N3/c1-4-9-17-11-12(10-16-17)14(2,3)7-8-15-13-5-6-13/h10-11,13,15H,4-9H2,1-3H3. The van der Waals surface area contributed by atoms with E-state index in [0.717, 1.165) is 25.6 Å². The summed E-state index contributed by atoms with van der Waals surface area (Å²) in [4.78, 5) is 0. The van der Waals surface area contributed by atoms with E-state index in [1.165, 1.54) is 24.8 Å². The third-order valence-corrected chi connectivity index (χ3v) is 3.63. The molecule has 0 atom stereocenters. The molecule has 0 amide bonds. The molecule has 0 aromatic carbocycles. The Bertz CT molecular complexity index is 350. The summed E-state index contributed by atoms with van der Waals surface area (Å²) >= 11 is 0. The van der Waals surface area contributed by atoms with Crippen LogP contribution in [-0.2, 0) is 12.0 Å². The van der Waals surface area contributed by atoms with Gasteiger partial charge in [-0.15, -0.1) is 0 Å². The van der Waals surface area contributed by atoms with Crippen LogP contribution < -0.4 is 5.32 Å². The van der Waals surface area contributed by atoms with Crippen molar-refractivity contribution in [2.24, 2.45) is 0 Å². The minimum absolute atomic E-state index is 0.230. The number of aryl methyl sites for hydroxylation is 1. The molecule has 96 valence electrons. The van der Waals surface area contributed by atoms with Crippen molar-refractivity contribution >= 4 is 0 Å². The Morgan fingerprint density at radius 1 is 1.47 bits per heavy atom. The molecule has 3 nitrogen and oxygen atoms in total. The van der Waals surface area contributed by atoms with Crippen LogP contribution in [0.15, 0.2) is 12.4 Å². The first-order valence-corrected chi connectivity index (χ1v) is 6.88. The number of nitrogens with one attached hydrogen (secondary N) is 1. The van der Waals surface area contributed by atoms with Gasteiger partial charge in [-0.05, 0) is 43.2 Å². The molecule has 1 aromatic heterocycles. The number of hydrogen-bond donors (Lipinski definition) is 1. The van der Waals surface area contributed by atoms with Crippen LogP contribution in [0.4, 0.5) is 0 Å². The van der Waals surface area contributed by atoms with Crippen LogP contribution in [0.2, 0.25) is 0 Å². The zero-order valence-electron chi connectivity index (χ0n) is 11.4. The first-order valence-electron chi connectivity index (χ1n) is 6.88. The van der Waals surface area contributed by atoms with Gasteiger partial charge in [-0.1, -0.05) is 20.8 Å². The Morgan fingerprint density at radius 2 is 2.24 bits per heavy atom. The van der Waals surface area contributed by atoms with Gasteiger partial charge in [0.15, 0.2) is 0 Å². The van der Waals surface area contributed by atoms with Crippen LogP contribution in [0, 0.1) is 0 Å². The molecular weight excluding hydrogens is 210 g/mol. The zero-order valence-corrected chi connectivity index (χ0v) is 11.4. The minimum atomic E-state index is 0.230. The predicted molar refractivity (Wildman–Crippen MR) is 71.2 cm³/mol. The first kappa shape index (κ1) is 12.6. The normalized spacial score (nSPS) is 16.4. The molecule has 1 heterocycles. The highest BCUT2D eigenvalue weighted by Gasteiger charge is 2.24. The maximum atomic E-state index is 4.42. The topological polar surface area (TPSA) is 29.9 Å². The van der Waals surface area contributed by atoms with Crippen molar-refractivity contribution in [2.45, 2.75) is 64.5 Å². The number of nitrogens with zero attached hydrogens (tertiary/aromatic N) is 2. The average molecular weight is 235 g/mol. The lowest BCUT2D eigenvalue weighted by molar-refractivity contribution is 0.455. The lowest BCUT2D eigenvalue weighted by Gasteiger charge is -2.23. The van der Waals surface area contributed by atoms with Crippen molar-refractivity contribution in [1.29, 1.82) is 0 Å². The molecule has 0 unspecified atom stereocenters. The van der Waals surface area contributed by atoms with Gasteiger partial charge in [0.1, 0.15) is 0 Å². The van der Waals surface area contributed by atoms with E-state index in [1.807, 2.05) is 6.20 Å². The van der Waals surface area contributed by atoms with Gasteiger partial charge in [-0.2, -0.15) is 5.10 Å². The van der Waals surface area contributed by atoms with Crippen LogP contribution >= 0.6 is 0 Å². The molecule has 1 aliphatic rings. The maximum Gasteiger partial charge on any atom is 0.0527 e. The van der Waals surface area contributed by atoms with Crippen molar-refractivity contribution in [3.63, 3.8) is 0 Å². The molecule has 0 spiro atoms. The van der Waals surface area contributed by atoms with E-state index in [9.17, 15) is 0 Å². The lowest BCUT2D eigenvalue weighted by Crippen LogP contribution is -2.26. The predicted octanol–water partition coefficient (Wildman–Crippen LogP) is 2.71. The first-order chi connectivity index (χ1) is 8.12. The molecule has 1 aliphatic carbocycles. The summed E-state index contributed by atoms with van der Waals surface area (Å²) in [5, 5.41) is 8.01. The van der Waals surface area contributed by atoms with Crippen molar-refractivity contribution in [2.75, 3.05) is 6.54 Å². The van der Waals surface area contributed by atoms with Crippen LogP contribution in [0.5, 0.6) is 0 Å². The van der Waals surface area contributed by atoms with Crippen LogP contribution in [0.1, 0.15) is 52.0 Å². The van der Waals surface area contributed by atoms with E-state index in [2.05, 4.69) is 42.1 Å². The molecule has 0 aliphatic heterocycles. The SMILES string of the molecule is CCCn1cc(C(C)(C)CCNC2CC2)cn1. The molecule has 3 heteroatoms. The van der Waals surface area contributed by atoms with E-state index in [-0.39, 0.29) is 5.41 Å². The number of aromatic nitrogens is 2. The number of hydrogen-bond acceptors (Lipinski definition) is 2. The highest BCUT2D eigenvalue weighted by molar-refractivity contribution is 5.16. The Balaban J connectivity index is 1.87. The summed E-state index contributed by atoms with van der Waals surface area (Å²) in [6.07, 6.45) is 9.31. The van der Waals surface area contributed by atoms with Gasteiger partial charge in [0.2, 0.25) is 0 Å². The molecule has 0 radical (unpaired) electrons. The van der Waals surface area contributed by atoms with E-state index in [1.54, 1.807) is 0 Å². The van der Waals surface area contributed by atoms with Crippen molar-refractivity contribution < 1.29 is 0 Å². The van der Waals surface area contributed by atoms with Crippen LogP contribution in [-0.4, -0.2) is 22.4 Å². The van der Waals surface area contributed by atoms with Crippen molar-refractivity contribution in [3.8, 4) is 0 Å². The lowest BCUT2D eigenvalue weighted by atomic mass is 9.83. The quantitative estimate of drug-likeness (QED) is 0.787. The smallest absolute Gasteiger partial charge is 0.0527 e. The molecule has 1 N–H and O–H groups in total. The van der Waals surface area contributed by atoms with Gasteiger partial charge >= 0.3 is 0 Å². The summed E-state index contributed by atoms with van der Waals surface area (Å²) in [5.74, 6) is 0. The van der Waals surface area contributed by atoms with Gasteiger partial charge in [-0.3, -0.25) is 4.68 Å². The third-order valence-electron chi connectivity index (χ3n) is 3.63. The molecule has 17 heavy (non-hydrogen) atoms. The Labute approximate surface area is 105 Å². The van der Waals surface area contributed by atoms with Gasteiger partial charge in [0.05, 0.1) is 6.20 Å². The zero-order chi connectivity index (χ0) is 12.3. The van der Waals surface area contributed by atoms with Crippen molar-refractivity contribution in [1.82, 2.24) is 15.1 Å². The summed E-state index contributed by atoms with van der Waals surface area (Å²) in [6.45, 7) is 8.96. The van der Waals surface area contributed by atoms with E-state index in [0.29, 0.717) is 0 Å². The highest BCUT2D eigenvalue weighted by atomic mass is 15.3. The summed E-state index contributed by atoms with van der Waals surface area (Å²) in [5.41, 5.74) is 1.59. The fourth-order valence-electron chi connectivity index (χ4n) is 2.09. The Hall–Kier alpha value is -0.830. The van der Waals surface area contributed by atoms with E-state index < -0.39 is 0 Å². The second-order valence-electron chi connectivity index (χ2n) is 5.85. The Kier molecular flexibility index (Phi) is 3.87. The average Bonchev–Trinajstić information content (AvgIpc) is 2.96. The van der Waals surface area contributed by atoms with Crippen LogP contribution in [0.3, 0.4) is 0 Å². The second kappa shape index (κ2) is 5.21. The van der Waals surface area contributed by atoms with Gasteiger partial charge < -0.3 is 5.32 Å². The number of rotatable bonds is 7. The summed E-state index contributed by atoms with van der Waals surface area (Å²) < 4.78 is 2.06. The molecule has 1 aromatic rings. The van der Waals surface area contributed by atoms with Gasteiger partial charge in [0, 0.05) is 18.8 Å². The van der Waals surface area contributed by atoms with E-state index >= 15 is 0 Å². The van der Waals surface area contributed by atoms with Crippen LogP contribution in [0.25, 0.3) is 0 Å². The minimum Gasteiger partial charge on any atom is -0.314 e. The highest BCUT2D eigenvalue weighted by Crippen LogP contribution is 2.27. The summed E-state index contributed by atoms with van der Waals surface area (Å²) in [7, 11) is 0. The second-order valence-corrected chi connectivity index (χ2v) is 5.85. The molecule has 0 saturated heterocycles. The fourth-order valence-corrected chi connectivity index (χ4v) is 2.09.